The van der Waals surface area contributed by atoms with E-state index < -0.39 is 5.82 Å². The normalized spacial score (nSPS) is 16.7. The Kier molecular flexibility index (Phi) is 4.70. The van der Waals surface area contributed by atoms with Crippen LogP contribution in [0.1, 0.15) is 21.9 Å². The number of benzene rings is 2. The summed E-state index contributed by atoms with van der Waals surface area (Å²) >= 11 is 7.43. The molecule has 0 fully saturated rings. The molecule has 0 radical (unpaired) electrons. The van der Waals surface area contributed by atoms with Crippen LogP contribution in [-0.4, -0.2) is 21.4 Å². The Hall–Kier alpha value is -2.31. The van der Waals surface area contributed by atoms with Crippen LogP contribution < -0.4 is 5.32 Å². The summed E-state index contributed by atoms with van der Waals surface area (Å²) in [7, 11) is 0. The molecule has 4 nitrogen and oxygen atoms in total. The number of carbonyl (C=O) groups excluding carboxylic acids is 1. The molecule has 1 aromatic heterocycles. The summed E-state index contributed by atoms with van der Waals surface area (Å²) in [4.78, 5) is 12.2. The maximum atomic E-state index is 13.5. The molecular weight excluding hydrogens is 373 g/mol. The van der Waals surface area contributed by atoms with Crippen molar-refractivity contribution in [2.75, 3.05) is 11.1 Å². The first kappa shape index (κ1) is 17.1. The number of thioether (sulfide) groups is 1. The molecule has 4 rings (SSSR count). The van der Waals surface area contributed by atoms with E-state index in [1.165, 1.54) is 17.8 Å². The van der Waals surface area contributed by atoms with Gasteiger partial charge in [0.1, 0.15) is 11.6 Å². The molecule has 2 aromatic carbocycles. The minimum atomic E-state index is -0.455. The van der Waals surface area contributed by atoms with Gasteiger partial charge in [0, 0.05) is 5.56 Å². The van der Waals surface area contributed by atoms with Crippen molar-refractivity contribution in [1.82, 2.24) is 9.78 Å². The third-order valence-electron chi connectivity index (χ3n) is 4.21. The van der Waals surface area contributed by atoms with Crippen molar-refractivity contribution in [2.45, 2.75) is 11.8 Å². The molecule has 0 bridgehead atoms. The molecule has 2 heterocycles. The number of halogens is 2. The number of hydrogen-bond donors (Lipinski definition) is 1. The second kappa shape index (κ2) is 7.13. The quantitative estimate of drug-likeness (QED) is 0.719. The van der Waals surface area contributed by atoms with Gasteiger partial charge in [0.2, 0.25) is 5.91 Å². The van der Waals surface area contributed by atoms with Gasteiger partial charge in [-0.15, -0.1) is 11.8 Å². The lowest BCUT2D eigenvalue weighted by Crippen LogP contribution is -2.16. The standard InChI is InChI=1S/C19H15ClFN3OS/c20-15-8-13(6-7-16(15)21)18-14-9-22-24(10-12-4-2-1-3-5-12)19(14)23-17(25)11-26-18/h1-9,18H,10-11H2,(H,23,25)/t18-/m0/s1. The number of nitrogens with one attached hydrogen (secondary N) is 1. The fourth-order valence-electron chi connectivity index (χ4n) is 2.97. The number of anilines is 1. The van der Waals surface area contributed by atoms with Gasteiger partial charge >= 0.3 is 0 Å². The highest BCUT2D eigenvalue weighted by atomic mass is 35.5. The van der Waals surface area contributed by atoms with Gasteiger partial charge in [0.25, 0.3) is 0 Å². The van der Waals surface area contributed by atoms with Crippen LogP contribution in [0.3, 0.4) is 0 Å². The summed E-state index contributed by atoms with van der Waals surface area (Å²) in [6.07, 6.45) is 1.76. The Bertz CT molecular complexity index is 961. The Morgan fingerprint density at radius 2 is 2.08 bits per heavy atom. The average molecular weight is 388 g/mol. The number of hydrogen-bond acceptors (Lipinski definition) is 3. The molecule has 7 heteroatoms. The zero-order valence-corrected chi connectivity index (χ0v) is 15.2. The lowest BCUT2D eigenvalue weighted by molar-refractivity contribution is -0.113. The fraction of sp³-hybridized carbons (Fsp3) is 0.158. The van der Waals surface area contributed by atoms with Crippen LogP contribution in [0.4, 0.5) is 10.2 Å². The molecule has 1 N–H and O–H groups in total. The van der Waals surface area contributed by atoms with Gasteiger partial charge in [-0.2, -0.15) is 5.10 Å². The second-order valence-electron chi connectivity index (χ2n) is 6.00. The van der Waals surface area contributed by atoms with E-state index in [1.54, 1.807) is 23.0 Å². The van der Waals surface area contributed by atoms with E-state index in [0.29, 0.717) is 18.1 Å². The second-order valence-corrected chi connectivity index (χ2v) is 7.51. The van der Waals surface area contributed by atoms with Crippen molar-refractivity contribution < 1.29 is 9.18 Å². The van der Waals surface area contributed by atoms with E-state index in [4.69, 9.17) is 11.6 Å². The van der Waals surface area contributed by atoms with Crippen LogP contribution in [0.2, 0.25) is 5.02 Å². The highest BCUT2D eigenvalue weighted by Gasteiger charge is 2.28. The molecule has 3 aromatic rings. The summed E-state index contributed by atoms with van der Waals surface area (Å²) in [5.41, 5.74) is 2.82. The molecule has 26 heavy (non-hydrogen) atoms. The van der Waals surface area contributed by atoms with Crippen LogP contribution in [0.5, 0.6) is 0 Å². The Labute approximate surface area is 159 Å². The van der Waals surface area contributed by atoms with E-state index in [9.17, 15) is 9.18 Å². The summed E-state index contributed by atoms with van der Waals surface area (Å²) in [5, 5.41) is 7.34. The van der Waals surface area contributed by atoms with Crippen molar-refractivity contribution >= 4 is 35.1 Å². The Morgan fingerprint density at radius 3 is 2.85 bits per heavy atom. The molecular formula is C19H15ClFN3OS. The molecule has 0 unspecified atom stereocenters. The van der Waals surface area contributed by atoms with E-state index >= 15 is 0 Å². The predicted molar refractivity (Wildman–Crippen MR) is 102 cm³/mol. The highest BCUT2D eigenvalue weighted by molar-refractivity contribution is 8.00. The lowest BCUT2D eigenvalue weighted by atomic mass is 10.1. The summed E-state index contributed by atoms with van der Waals surface area (Å²) in [6, 6.07) is 14.6. The summed E-state index contributed by atoms with van der Waals surface area (Å²) < 4.78 is 15.3. The summed E-state index contributed by atoms with van der Waals surface area (Å²) in [5.74, 6) is 0.443. The average Bonchev–Trinajstić information content (AvgIpc) is 2.92. The van der Waals surface area contributed by atoms with Gasteiger partial charge in [-0.25, -0.2) is 9.07 Å². The molecule has 1 aliphatic rings. The number of carbonyl (C=O) groups is 1. The molecule has 0 saturated carbocycles. The zero-order chi connectivity index (χ0) is 18.1. The summed E-state index contributed by atoms with van der Waals surface area (Å²) in [6.45, 7) is 0.554. The van der Waals surface area contributed by atoms with E-state index in [-0.39, 0.29) is 16.2 Å². The van der Waals surface area contributed by atoms with Crippen molar-refractivity contribution in [3.05, 3.63) is 82.3 Å². The molecule has 0 spiro atoms. The first-order valence-corrected chi connectivity index (χ1v) is 9.50. The monoisotopic (exact) mass is 387 g/mol. The Morgan fingerprint density at radius 1 is 1.27 bits per heavy atom. The fourth-order valence-corrected chi connectivity index (χ4v) is 4.24. The SMILES string of the molecule is O=C1CS[C@@H](c2ccc(F)c(Cl)c2)c2cnn(Cc3ccccc3)c2N1. The van der Waals surface area contributed by atoms with Crippen LogP contribution in [0.15, 0.2) is 54.7 Å². The van der Waals surface area contributed by atoms with Crippen LogP contribution in [0, 0.1) is 5.82 Å². The van der Waals surface area contributed by atoms with Crippen molar-refractivity contribution in [1.29, 1.82) is 0 Å². The third kappa shape index (κ3) is 3.34. The first-order chi connectivity index (χ1) is 12.6. The van der Waals surface area contributed by atoms with Crippen LogP contribution in [-0.2, 0) is 11.3 Å². The van der Waals surface area contributed by atoms with Crippen molar-refractivity contribution in [3.8, 4) is 0 Å². The maximum Gasteiger partial charge on any atom is 0.235 e. The number of nitrogens with zero attached hydrogens (tertiary/aromatic N) is 2. The number of amides is 1. The number of rotatable bonds is 3. The van der Waals surface area contributed by atoms with Gasteiger partial charge in [-0.3, -0.25) is 4.79 Å². The molecule has 132 valence electrons. The molecule has 1 atom stereocenters. The van der Waals surface area contributed by atoms with E-state index in [1.807, 2.05) is 30.3 Å². The molecule has 1 aliphatic heterocycles. The largest absolute Gasteiger partial charge is 0.310 e. The topological polar surface area (TPSA) is 46.9 Å². The van der Waals surface area contributed by atoms with Gasteiger partial charge in [-0.05, 0) is 23.3 Å². The maximum absolute atomic E-state index is 13.5. The van der Waals surface area contributed by atoms with Crippen molar-refractivity contribution in [3.63, 3.8) is 0 Å². The van der Waals surface area contributed by atoms with E-state index in [0.717, 1.165) is 16.7 Å². The van der Waals surface area contributed by atoms with Gasteiger partial charge < -0.3 is 5.32 Å². The number of fused-ring (bicyclic) bond motifs is 1. The third-order valence-corrected chi connectivity index (χ3v) is 5.79. The van der Waals surface area contributed by atoms with Crippen molar-refractivity contribution in [2.24, 2.45) is 0 Å². The van der Waals surface area contributed by atoms with E-state index in [2.05, 4.69) is 10.4 Å². The zero-order valence-electron chi connectivity index (χ0n) is 13.7. The van der Waals surface area contributed by atoms with Crippen LogP contribution >= 0.6 is 23.4 Å². The molecule has 0 saturated heterocycles. The smallest absolute Gasteiger partial charge is 0.235 e. The minimum Gasteiger partial charge on any atom is -0.310 e. The Balaban J connectivity index is 1.74. The number of aromatic nitrogens is 2. The lowest BCUT2D eigenvalue weighted by Gasteiger charge is -2.15. The van der Waals surface area contributed by atoms with Crippen LogP contribution in [0.25, 0.3) is 0 Å². The molecule has 0 aliphatic carbocycles. The minimum absolute atomic E-state index is 0.0739. The van der Waals surface area contributed by atoms with Gasteiger partial charge in [0.15, 0.2) is 0 Å². The predicted octanol–water partition coefficient (Wildman–Crippen LogP) is 4.50. The highest BCUT2D eigenvalue weighted by Crippen LogP contribution is 2.42. The molecule has 1 amide bonds. The van der Waals surface area contributed by atoms with Gasteiger partial charge in [-0.1, -0.05) is 48.0 Å². The first-order valence-electron chi connectivity index (χ1n) is 8.08. The van der Waals surface area contributed by atoms with Gasteiger partial charge in [0.05, 0.1) is 28.8 Å².